The molecule has 23 heavy (non-hydrogen) atoms. The Balaban J connectivity index is 1.85. The van der Waals surface area contributed by atoms with Crippen molar-refractivity contribution in [2.75, 3.05) is 12.8 Å². The lowest BCUT2D eigenvalue weighted by Crippen LogP contribution is -2.23. The van der Waals surface area contributed by atoms with Crippen LogP contribution in [0.5, 0.6) is 5.75 Å². The monoisotopic (exact) mass is 311 g/mol. The fourth-order valence-corrected chi connectivity index (χ4v) is 2.83. The van der Waals surface area contributed by atoms with E-state index in [-0.39, 0.29) is 11.5 Å². The minimum Gasteiger partial charge on any atom is -0.497 e. The summed E-state index contributed by atoms with van der Waals surface area (Å²) < 4.78 is 6.57. The van der Waals surface area contributed by atoms with E-state index in [2.05, 4.69) is 15.1 Å². The smallest absolute Gasteiger partial charge is 0.277 e. The van der Waals surface area contributed by atoms with Crippen molar-refractivity contribution in [2.45, 2.75) is 25.2 Å². The summed E-state index contributed by atoms with van der Waals surface area (Å²) in [6.45, 7) is 0. The largest absolute Gasteiger partial charge is 0.497 e. The Labute approximate surface area is 132 Å². The van der Waals surface area contributed by atoms with E-state index >= 15 is 0 Å². The number of H-pyrrole nitrogens is 1. The predicted octanol–water partition coefficient (Wildman–Crippen LogP) is 1.48. The molecule has 0 saturated heterocycles. The number of benzene rings is 1. The van der Waals surface area contributed by atoms with Gasteiger partial charge < -0.3 is 10.5 Å². The van der Waals surface area contributed by atoms with E-state index in [0.717, 1.165) is 29.8 Å². The molecule has 0 aliphatic heterocycles. The van der Waals surface area contributed by atoms with Crippen LogP contribution in [0.25, 0.3) is 5.78 Å². The first-order chi connectivity index (χ1) is 11.2. The first kappa shape index (κ1) is 13.8. The normalized spacial score (nSPS) is 14.3. The number of hydrogen-bond acceptors (Lipinski definition) is 5. The van der Waals surface area contributed by atoms with Gasteiger partial charge >= 0.3 is 0 Å². The van der Waals surface area contributed by atoms with Crippen LogP contribution in [0.15, 0.2) is 29.1 Å². The minimum absolute atomic E-state index is 0.135. The number of ether oxygens (including phenoxy) is 1. The summed E-state index contributed by atoms with van der Waals surface area (Å²) in [5.74, 6) is 1.65. The van der Waals surface area contributed by atoms with Crippen LogP contribution in [0, 0.1) is 0 Å². The lowest BCUT2D eigenvalue weighted by Gasteiger charge is -2.09. The molecule has 3 N–H and O–H groups in total. The van der Waals surface area contributed by atoms with Crippen LogP contribution >= 0.6 is 0 Å². The van der Waals surface area contributed by atoms with Gasteiger partial charge in [0.2, 0.25) is 5.95 Å². The number of nitrogens with zero attached hydrogens (tertiary/aromatic N) is 3. The number of fused-ring (bicyclic) bond motifs is 1. The van der Waals surface area contributed by atoms with Crippen molar-refractivity contribution in [1.29, 1.82) is 0 Å². The summed E-state index contributed by atoms with van der Waals surface area (Å²) in [5, 5.41) is 2.75. The molecule has 1 aliphatic carbocycles. The second-order valence-electron chi connectivity index (χ2n) is 5.83. The second-order valence-corrected chi connectivity index (χ2v) is 5.83. The summed E-state index contributed by atoms with van der Waals surface area (Å²) in [6.07, 6.45) is 2.64. The number of aromatic amines is 1. The molecule has 1 saturated carbocycles. The van der Waals surface area contributed by atoms with Crippen LogP contribution in [0.2, 0.25) is 0 Å². The van der Waals surface area contributed by atoms with E-state index in [0.29, 0.717) is 23.7 Å². The number of nitrogens with two attached hydrogens (primary N) is 1. The van der Waals surface area contributed by atoms with E-state index in [1.807, 2.05) is 24.3 Å². The average molecular weight is 311 g/mol. The SMILES string of the molecule is COc1cccc(Cc2c(C3CC3)nc3nc(N)[nH]n3c2=O)c1. The Morgan fingerprint density at radius 3 is 2.96 bits per heavy atom. The molecule has 4 rings (SSSR count). The van der Waals surface area contributed by atoms with Gasteiger partial charge in [-0.2, -0.15) is 9.50 Å². The highest BCUT2D eigenvalue weighted by atomic mass is 16.5. The molecule has 1 fully saturated rings. The third-order valence-electron chi connectivity index (χ3n) is 4.12. The van der Waals surface area contributed by atoms with Crippen molar-refractivity contribution in [3.05, 3.63) is 51.4 Å². The molecule has 1 aliphatic rings. The van der Waals surface area contributed by atoms with Crippen LogP contribution < -0.4 is 16.0 Å². The predicted molar refractivity (Wildman–Crippen MR) is 85.8 cm³/mol. The van der Waals surface area contributed by atoms with Crippen LogP contribution in [-0.4, -0.2) is 26.7 Å². The highest BCUT2D eigenvalue weighted by molar-refractivity contribution is 5.41. The van der Waals surface area contributed by atoms with Crippen molar-refractivity contribution in [3.8, 4) is 5.75 Å². The van der Waals surface area contributed by atoms with Crippen LogP contribution in [0.4, 0.5) is 5.95 Å². The highest BCUT2D eigenvalue weighted by Crippen LogP contribution is 2.40. The third kappa shape index (κ3) is 2.44. The maximum absolute atomic E-state index is 12.8. The molecule has 0 amide bonds. The summed E-state index contributed by atoms with van der Waals surface area (Å²) in [7, 11) is 1.63. The molecule has 0 bridgehead atoms. The van der Waals surface area contributed by atoms with Crippen LogP contribution in [-0.2, 0) is 6.42 Å². The fourth-order valence-electron chi connectivity index (χ4n) is 2.83. The van der Waals surface area contributed by atoms with E-state index in [1.54, 1.807) is 7.11 Å². The van der Waals surface area contributed by atoms with E-state index < -0.39 is 0 Å². The topological polar surface area (TPSA) is 98.3 Å². The van der Waals surface area contributed by atoms with Crippen molar-refractivity contribution >= 4 is 11.7 Å². The van der Waals surface area contributed by atoms with Gasteiger partial charge in [-0.25, -0.2) is 4.98 Å². The molecule has 7 heteroatoms. The number of rotatable bonds is 4. The maximum Gasteiger partial charge on any atom is 0.277 e. The Bertz CT molecular complexity index is 939. The van der Waals surface area contributed by atoms with Crippen molar-refractivity contribution in [3.63, 3.8) is 0 Å². The molecule has 118 valence electrons. The molecule has 2 heterocycles. The lowest BCUT2D eigenvalue weighted by molar-refractivity contribution is 0.414. The van der Waals surface area contributed by atoms with E-state index in [4.69, 9.17) is 10.5 Å². The van der Waals surface area contributed by atoms with Gasteiger partial charge in [-0.3, -0.25) is 9.89 Å². The summed E-state index contributed by atoms with van der Waals surface area (Å²) in [5.41, 5.74) is 8.08. The van der Waals surface area contributed by atoms with Crippen molar-refractivity contribution in [2.24, 2.45) is 0 Å². The molecule has 7 nitrogen and oxygen atoms in total. The molecule has 0 radical (unpaired) electrons. The molecular weight excluding hydrogens is 294 g/mol. The number of aromatic nitrogens is 4. The quantitative estimate of drug-likeness (QED) is 0.760. The van der Waals surface area contributed by atoms with Crippen molar-refractivity contribution < 1.29 is 4.74 Å². The molecule has 0 atom stereocenters. The first-order valence-electron chi connectivity index (χ1n) is 7.55. The highest BCUT2D eigenvalue weighted by Gasteiger charge is 2.30. The van der Waals surface area contributed by atoms with Gasteiger partial charge in [-0.15, -0.1) is 0 Å². The second kappa shape index (κ2) is 5.12. The van der Waals surface area contributed by atoms with Gasteiger partial charge in [0.25, 0.3) is 11.3 Å². The van der Waals surface area contributed by atoms with Crippen molar-refractivity contribution in [1.82, 2.24) is 19.6 Å². The van der Waals surface area contributed by atoms with E-state index in [9.17, 15) is 4.79 Å². The standard InChI is InChI=1S/C16H17N5O2/c1-23-11-4-2-3-9(7-11)8-12-13(10-5-6-10)18-16-19-15(17)20-21(16)14(12)22/h2-4,7,10H,5-6,8H2,1H3,(H3,17,18,19,20). The minimum atomic E-state index is -0.135. The molecule has 0 spiro atoms. The summed E-state index contributed by atoms with van der Waals surface area (Å²) in [6, 6.07) is 7.72. The van der Waals surface area contributed by atoms with Gasteiger partial charge in [-0.05, 0) is 30.5 Å². The van der Waals surface area contributed by atoms with Gasteiger partial charge in [0.05, 0.1) is 12.8 Å². The Kier molecular flexibility index (Phi) is 3.07. The number of anilines is 1. The zero-order chi connectivity index (χ0) is 16.0. The number of hydrogen-bond donors (Lipinski definition) is 2. The summed E-state index contributed by atoms with van der Waals surface area (Å²) in [4.78, 5) is 21.5. The van der Waals surface area contributed by atoms with E-state index in [1.165, 1.54) is 4.52 Å². The zero-order valence-electron chi connectivity index (χ0n) is 12.7. The zero-order valence-corrected chi connectivity index (χ0v) is 12.7. The molecule has 2 aromatic heterocycles. The Morgan fingerprint density at radius 1 is 1.39 bits per heavy atom. The first-order valence-corrected chi connectivity index (χ1v) is 7.55. The number of methoxy groups -OCH3 is 1. The molecule has 3 aromatic rings. The molecular formula is C16H17N5O2. The van der Waals surface area contributed by atoms with Gasteiger partial charge in [0.15, 0.2) is 0 Å². The van der Waals surface area contributed by atoms with Gasteiger partial charge in [-0.1, -0.05) is 12.1 Å². The number of nitrogens with one attached hydrogen (secondary N) is 1. The molecule has 1 aromatic carbocycles. The number of nitrogen functional groups attached to an aromatic ring is 1. The third-order valence-corrected chi connectivity index (χ3v) is 4.12. The lowest BCUT2D eigenvalue weighted by atomic mass is 10.0. The average Bonchev–Trinajstić information content (AvgIpc) is 3.32. The van der Waals surface area contributed by atoms with Crippen LogP contribution in [0.1, 0.15) is 35.6 Å². The molecule has 0 unspecified atom stereocenters. The fraction of sp³-hybridized carbons (Fsp3) is 0.312. The van der Waals surface area contributed by atoms with Crippen LogP contribution in [0.3, 0.4) is 0 Å². The van der Waals surface area contributed by atoms with Gasteiger partial charge in [0, 0.05) is 17.9 Å². The Hall–Kier alpha value is -2.83. The Morgan fingerprint density at radius 2 is 2.22 bits per heavy atom. The summed E-state index contributed by atoms with van der Waals surface area (Å²) >= 11 is 0. The maximum atomic E-state index is 12.8. The van der Waals surface area contributed by atoms with Gasteiger partial charge in [0.1, 0.15) is 5.75 Å².